The normalized spacial score (nSPS) is 19.6. The molecule has 0 amide bonds. The van der Waals surface area contributed by atoms with Crippen LogP contribution in [0.15, 0.2) is 30.3 Å². The summed E-state index contributed by atoms with van der Waals surface area (Å²) in [6.07, 6.45) is 8.45. The lowest BCUT2D eigenvalue weighted by atomic mass is 9.67. The lowest BCUT2D eigenvalue weighted by Gasteiger charge is -2.53. The molecule has 1 aromatic carbocycles. The van der Waals surface area contributed by atoms with Gasteiger partial charge in [-0.2, -0.15) is 0 Å². The smallest absolute Gasteiger partial charge is 0.0598 e. The van der Waals surface area contributed by atoms with Gasteiger partial charge in [0.15, 0.2) is 0 Å². The van der Waals surface area contributed by atoms with Gasteiger partial charge in [-0.15, -0.1) is 11.6 Å². The molecule has 3 heteroatoms. The largest absolute Gasteiger partial charge is 0.376 e. The van der Waals surface area contributed by atoms with Crippen molar-refractivity contribution in [2.75, 3.05) is 19.5 Å². The van der Waals surface area contributed by atoms with E-state index in [1.54, 1.807) is 0 Å². The van der Waals surface area contributed by atoms with Gasteiger partial charge < -0.3 is 4.74 Å². The van der Waals surface area contributed by atoms with Crippen molar-refractivity contribution in [1.82, 2.24) is 4.90 Å². The second-order valence-corrected chi connectivity index (χ2v) is 12.0. The number of allylic oxidation sites excluding steroid dienone is 1. The molecule has 0 bridgehead atoms. The predicted molar refractivity (Wildman–Crippen MR) is 137 cm³/mol. The zero-order valence-corrected chi connectivity index (χ0v) is 22.3. The van der Waals surface area contributed by atoms with Crippen molar-refractivity contribution < 1.29 is 4.74 Å². The molecule has 1 unspecified atom stereocenters. The minimum atomic E-state index is -0.191. The Hall–Kier alpha value is -0.830. The van der Waals surface area contributed by atoms with Crippen LogP contribution in [0.2, 0.25) is 0 Å². The van der Waals surface area contributed by atoms with E-state index in [4.69, 9.17) is 16.3 Å². The van der Waals surface area contributed by atoms with Crippen LogP contribution in [0.3, 0.4) is 0 Å². The topological polar surface area (TPSA) is 12.5 Å². The number of ether oxygens (including phenoxy) is 1. The van der Waals surface area contributed by atoms with Crippen LogP contribution in [0.1, 0.15) is 98.6 Å². The van der Waals surface area contributed by atoms with E-state index in [0.717, 1.165) is 19.4 Å². The first kappa shape index (κ1) is 26.4. The average Bonchev–Trinajstić information content (AvgIpc) is 3.00. The van der Waals surface area contributed by atoms with Gasteiger partial charge in [0.05, 0.1) is 5.60 Å². The number of likely N-dealkylation sites (N-methyl/N-ethyl adjacent to an activating group) is 1. The van der Waals surface area contributed by atoms with Crippen LogP contribution in [-0.2, 0) is 10.2 Å². The molecule has 0 N–H and O–H groups in total. The summed E-state index contributed by atoms with van der Waals surface area (Å²) in [7, 11) is 2.24. The highest BCUT2D eigenvalue weighted by atomic mass is 35.5. The fourth-order valence-electron chi connectivity index (χ4n) is 4.88. The Bertz CT molecular complexity index is 753. The number of nitrogens with zero attached hydrogens (tertiary/aromatic N) is 1. The number of unbranched alkanes of at least 4 members (excludes halogenated alkanes) is 3. The van der Waals surface area contributed by atoms with Crippen LogP contribution < -0.4 is 0 Å². The van der Waals surface area contributed by atoms with Crippen molar-refractivity contribution in [3.63, 3.8) is 0 Å². The van der Waals surface area contributed by atoms with E-state index >= 15 is 0 Å². The quantitative estimate of drug-likeness (QED) is 0.267. The van der Waals surface area contributed by atoms with Gasteiger partial charge in [-0.3, -0.25) is 4.90 Å². The van der Waals surface area contributed by atoms with Crippen molar-refractivity contribution in [3.05, 3.63) is 41.5 Å². The summed E-state index contributed by atoms with van der Waals surface area (Å²) in [6.45, 7) is 18.8. The van der Waals surface area contributed by atoms with Crippen LogP contribution in [0, 0.1) is 0 Å². The zero-order valence-electron chi connectivity index (χ0n) is 21.6. The monoisotopic (exact) mass is 447 g/mol. The molecule has 0 aromatic heterocycles. The molecule has 2 nitrogen and oxygen atoms in total. The van der Waals surface area contributed by atoms with E-state index in [2.05, 4.69) is 97.7 Å². The van der Waals surface area contributed by atoms with E-state index in [-0.39, 0.29) is 22.1 Å². The fourth-order valence-corrected chi connectivity index (χ4v) is 5.43. The van der Waals surface area contributed by atoms with E-state index in [0.29, 0.717) is 5.88 Å². The van der Waals surface area contributed by atoms with Crippen molar-refractivity contribution in [2.24, 2.45) is 0 Å². The molecule has 31 heavy (non-hydrogen) atoms. The van der Waals surface area contributed by atoms with Gasteiger partial charge in [0.25, 0.3) is 0 Å². The number of fused-ring (bicyclic) bond motifs is 1. The van der Waals surface area contributed by atoms with Gasteiger partial charge in [0.2, 0.25) is 0 Å². The molecule has 1 aromatic rings. The third-order valence-electron chi connectivity index (χ3n) is 7.20. The zero-order chi connectivity index (χ0) is 23.5. The lowest BCUT2D eigenvalue weighted by Crippen LogP contribution is -2.62. The van der Waals surface area contributed by atoms with Crippen LogP contribution in [0.5, 0.6) is 0 Å². The number of hydrogen-bond acceptors (Lipinski definition) is 2. The Kier molecular flexibility index (Phi) is 8.50. The lowest BCUT2D eigenvalue weighted by molar-refractivity contribution is -0.00473. The summed E-state index contributed by atoms with van der Waals surface area (Å²) in [5.41, 5.74) is 3.98. The summed E-state index contributed by atoms with van der Waals surface area (Å²) in [4.78, 5) is 2.49. The first-order chi connectivity index (χ1) is 14.3. The summed E-state index contributed by atoms with van der Waals surface area (Å²) >= 11 is 6.81. The maximum Gasteiger partial charge on any atom is 0.0598 e. The van der Waals surface area contributed by atoms with Crippen LogP contribution in [0.4, 0.5) is 0 Å². The SMILES string of the molecule is CN(C(C)(C)C)C(C)(C)C1(CCl)C=C(CCCCCCOC(C)(C)C)c2ccccc21. The van der Waals surface area contributed by atoms with Gasteiger partial charge in [-0.25, -0.2) is 0 Å². The molecule has 1 aliphatic rings. The first-order valence-electron chi connectivity index (χ1n) is 12.0. The molecular formula is C28H46ClNO. The Balaban J connectivity index is 2.15. The summed E-state index contributed by atoms with van der Waals surface area (Å²) < 4.78 is 5.85. The highest BCUT2D eigenvalue weighted by molar-refractivity contribution is 6.19. The van der Waals surface area contributed by atoms with Gasteiger partial charge in [-0.1, -0.05) is 43.2 Å². The van der Waals surface area contributed by atoms with Gasteiger partial charge in [0, 0.05) is 29.0 Å². The third-order valence-corrected chi connectivity index (χ3v) is 7.62. The standard InChI is InChI=1S/C28H46ClNO/c1-25(2,3)30(9)27(7,8)28(21-29)20-22(23-17-13-14-18-24(23)28)16-12-10-11-15-19-31-26(4,5)6/h13-14,17-18,20H,10-12,15-16,19,21H2,1-9H3. The first-order valence-corrected chi connectivity index (χ1v) is 12.6. The minimum absolute atomic E-state index is 0.0315. The molecule has 176 valence electrons. The minimum Gasteiger partial charge on any atom is -0.376 e. The predicted octanol–water partition coefficient (Wildman–Crippen LogP) is 7.83. The molecule has 0 spiro atoms. The number of benzene rings is 1. The molecule has 0 fully saturated rings. The van der Waals surface area contributed by atoms with Crippen molar-refractivity contribution in [2.45, 2.75) is 110 Å². The highest BCUT2D eigenvalue weighted by Gasteiger charge is 2.52. The van der Waals surface area contributed by atoms with Crippen LogP contribution >= 0.6 is 11.6 Å². The van der Waals surface area contributed by atoms with Crippen molar-refractivity contribution in [3.8, 4) is 0 Å². The molecule has 1 atom stereocenters. The molecule has 1 aliphatic carbocycles. The van der Waals surface area contributed by atoms with E-state index in [9.17, 15) is 0 Å². The molecular weight excluding hydrogens is 402 g/mol. The van der Waals surface area contributed by atoms with Crippen LogP contribution in [0.25, 0.3) is 5.57 Å². The van der Waals surface area contributed by atoms with Crippen molar-refractivity contribution >= 4 is 17.2 Å². The second-order valence-electron chi connectivity index (χ2n) is 11.7. The average molecular weight is 448 g/mol. The van der Waals surface area contributed by atoms with Crippen molar-refractivity contribution in [1.29, 1.82) is 0 Å². The number of alkyl halides is 1. The molecule has 0 radical (unpaired) electrons. The summed E-state index contributed by atoms with van der Waals surface area (Å²) in [6, 6.07) is 8.92. The number of hydrogen-bond donors (Lipinski definition) is 0. The number of halogens is 1. The molecule has 0 heterocycles. The molecule has 0 aliphatic heterocycles. The van der Waals surface area contributed by atoms with E-state index in [1.165, 1.54) is 36.0 Å². The van der Waals surface area contributed by atoms with Gasteiger partial charge in [0.1, 0.15) is 0 Å². The van der Waals surface area contributed by atoms with Gasteiger partial charge >= 0.3 is 0 Å². The highest BCUT2D eigenvalue weighted by Crippen LogP contribution is 2.51. The maximum absolute atomic E-state index is 6.81. The molecule has 2 rings (SSSR count). The van der Waals surface area contributed by atoms with E-state index in [1.807, 2.05) is 0 Å². The fraction of sp³-hybridized carbons (Fsp3) is 0.714. The Morgan fingerprint density at radius 3 is 2.10 bits per heavy atom. The third kappa shape index (κ3) is 5.95. The van der Waals surface area contributed by atoms with E-state index < -0.39 is 0 Å². The maximum atomic E-state index is 6.81. The second kappa shape index (κ2) is 9.98. The Labute approximate surface area is 197 Å². The summed E-state index contributed by atoms with van der Waals surface area (Å²) in [5, 5.41) is 0. The molecule has 0 saturated carbocycles. The van der Waals surface area contributed by atoms with Crippen LogP contribution in [-0.4, -0.2) is 41.1 Å². The Morgan fingerprint density at radius 2 is 1.52 bits per heavy atom. The molecule has 0 saturated heterocycles. The Morgan fingerprint density at radius 1 is 0.903 bits per heavy atom. The summed E-state index contributed by atoms with van der Waals surface area (Å²) in [5.74, 6) is 0.588. The van der Waals surface area contributed by atoms with Gasteiger partial charge in [-0.05, 0) is 98.4 Å². The number of rotatable bonds is 10.